The van der Waals surface area contributed by atoms with E-state index in [1.165, 1.54) is 37.4 Å². The summed E-state index contributed by atoms with van der Waals surface area (Å²) in [5.74, 6) is -1.57. The quantitative estimate of drug-likeness (QED) is 0.756. The van der Waals surface area contributed by atoms with Gasteiger partial charge in [-0.2, -0.15) is 0 Å². The summed E-state index contributed by atoms with van der Waals surface area (Å²) in [6, 6.07) is 7.34. The normalized spacial score (nSPS) is 11.3. The van der Waals surface area contributed by atoms with E-state index in [4.69, 9.17) is 4.74 Å². The van der Waals surface area contributed by atoms with Crippen LogP contribution < -0.4 is 9.04 Å². The SMILES string of the molecule is CCN(c1ccc(Br)cc1F)S(=O)(=O)c1ccc(OC)c(F)c1. The summed E-state index contributed by atoms with van der Waals surface area (Å²) < 4.78 is 59.4. The third-order valence-electron chi connectivity index (χ3n) is 3.18. The molecule has 0 radical (unpaired) electrons. The van der Waals surface area contributed by atoms with Gasteiger partial charge in [-0.3, -0.25) is 4.31 Å². The van der Waals surface area contributed by atoms with Crippen LogP contribution in [-0.4, -0.2) is 22.1 Å². The van der Waals surface area contributed by atoms with Crippen LogP contribution in [-0.2, 0) is 10.0 Å². The van der Waals surface area contributed by atoms with Crippen molar-refractivity contribution in [3.63, 3.8) is 0 Å². The number of halogens is 3. The van der Waals surface area contributed by atoms with Gasteiger partial charge in [0, 0.05) is 11.0 Å². The highest BCUT2D eigenvalue weighted by Gasteiger charge is 2.26. The van der Waals surface area contributed by atoms with Gasteiger partial charge in [0.1, 0.15) is 5.82 Å². The van der Waals surface area contributed by atoms with Gasteiger partial charge in [-0.1, -0.05) is 15.9 Å². The molecule has 0 heterocycles. The van der Waals surface area contributed by atoms with Gasteiger partial charge in [0.25, 0.3) is 10.0 Å². The summed E-state index contributed by atoms with van der Waals surface area (Å²) in [7, 11) is -2.82. The summed E-state index contributed by atoms with van der Waals surface area (Å²) in [6.45, 7) is 1.56. The molecule has 0 aliphatic rings. The third-order valence-corrected chi connectivity index (χ3v) is 5.55. The lowest BCUT2D eigenvalue weighted by molar-refractivity contribution is 0.385. The van der Waals surface area contributed by atoms with E-state index in [2.05, 4.69) is 15.9 Å². The van der Waals surface area contributed by atoms with E-state index >= 15 is 0 Å². The molecule has 0 saturated carbocycles. The van der Waals surface area contributed by atoms with Crippen molar-refractivity contribution < 1.29 is 21.9 Å². The van der Waals surface area contributed by atoms with Gasteiger partial charge in [-0.15, -0.1) is 0 Å². The summed E-state index contributed by atoms with van der Waals surface area (Å²) >= 11 is 3.12. The summed E-state index contributed by atoms with van der Waals surface area (Å²) in [6.07, 6.45) is 0. The Hall–Kier alpha value is -1.67. The molecule has 2 aromatic rings. The van der Waals surface area contributed by atoms with Gasteiger partial charge in [0.15, 0.2) is 11.6 Å². The number of hydrogen-bond acceptors (Lipinski definition) is 3. The summed E-state index contributed by atoms with van der Waals surface area (Å²) in [5, 5.41) is 0. The first kappa shape index (κ1) is 17.7. The fourth-order valence-electron chi connectivity index (χ4n) is 2.09. The number of hydrogen-bond donors (Lipinski definition) is 0. The molecule has 0 aliphatic heterocycles. The molecule has 0 aliphatic carbocycles. The second-order valence-corrected chi connectivity index (χ2v) is 7.34. The molecule has 124 valence electrons. The van der Waals surface area contributed by atoms with Crippen molar-refractivity contribution in [3.8, 4) is 5.75 Å². The topological polar surface area (TPSA) is 46.6 Å². The number of benzene rings is 2. The van der Waals surface area contributed by atoms with Crippen LogP contribution in [0.2, 0.25) is 0 Å². The van der Waals surface area contributed by atoms with Crippen molar-refractivity contribution in [1.82, 2.24) is 0 Å². The minimum absolute atomic E-state index is 0.00542. The number of sulfonamides is 1. The molecule has 8 heteroatoms. The van der Waals surface area contributed by atoms with Crippen molar-refractivity contribution in [2.24, 2.45) is 0 Å². The Morgan fingerprint density at radius 1 is 1.13 bits per heavy atom. The molecule has 0 N–H and O–H groups in total. The van der Waals surface area contributed by atoms with Crippen LogP contribution in [0.4, 0.5) is 14.5 Å². The number of nitrogens with zero attached hydrogens (tertiary/aromatic N) is 1. The molecular weight excluding hydrogens is 392 g/mol. The van der Waals surface area contributed by atoms with Crippen molar-refractivity contribution in [3.05, 3.63) is 52.5 Å². The molecule has 0 atom stereocenters. The molecule has 2 aromatic carbocycles. The Morgan fingerprint density at radius 2 is 1.83 bits per heavy atom. The molecule has 0 saturated heterocycles. The Bertz CT molecular complexity index is 827. The zero-order chi connectivity index (χ0) is 17.2. The lowest BCUT2D eigenvalue weighted by atomic mass is 10.3. The van der Waals surface area contributed by atoms with Gasteiger partial charge in [-0.05, 0) is 43.3 Å². The highest BCUT2D eigenvalue weighted by molar-refractivity contribution is 9.10. The minimum Gasteiger partial charge on any atom is -0.494 e. The van der Waals surface area contributed by atoms with Crippen LogP contribution in [0.3, 0.4) is 0 Å². The standard InChI is InChI=1S/C15H14BrF2NO3S/c1-3-19(14-6-4-10(16)8-12(14)17)23(20,21)11-5-7-15(22-2)13(18)9-11/h4-9H,3H2,1-2H3. The molecule has 0 fully saturated rings. The largest absolute Gasteiger partial charge is 0.494 e. The predicted octanol–water partition coefficient (Wildman–Crippen LogP) is 3.95. The van der Waals surface area contributed by atoms with Gasteiger partial charge >= 0.3 is 0 Å². The molecular formula is C15H14BrF2NO3S. The van der Waals surface area contributed by atoms with Gasteiger partial charge in [0.05, 0.1) is 17.7 Å². The van der Waals surface area contributed by atoms with Gasteiger partial charge < -0.3 is 4.74 Å². The van der Waals surface area contributed by atoms with E-state index < -0.39 is 21.7 Å². The van der Waals surface area contributed by atoms with Gasteiger partial charge in [0.2, 0.25) is 0 Å². The molecule has 0 bridgehead atoms. The molecule has 4 nitrogen and oxygen atoms in total. The average molecular weight is 406 g/mol. The van der Waals surface area contributed by atoms with E-state index in [0.29, 0.717) is 4.47 Å². The number of rotatable bonds is 5. The summed E-state index contributed by atoms with van der Waals surface area (Å²) in [4.78, 5) is -0.278. The number of ether oxygens (including phenoxy) is 1. The Morgan fingerprint density at radius 3 is 2.35 bits per heavy atom. The first-order chi connectivity index (χ1) is 10.8. The van der Waals surface area contributed by atoms with Gasteiger partial charge in [-0.25, -0.2) is 17.2 Å². The fourth-order valence-corrected chi connectivity index (χ4v) is 3.92. The van der Waals surface area contributed by atoms with E-state index in [1.807, 2.05) is 0 Å². The smallest absolute Gasteiger partial charge is 0.264 e. The molecule has 0 spiro atoms. The third kappa shape index (κ3) is 3.48. The second-order valence-electron chi connectivity index (χ2n) is 4.56. The molecule has 2 rings (SSSR count). The van der Waals surface area contributed by atoms with Crippen LogP contribution in [0.25, 0.3) is 0 Å². The van der Waals surface area contributed by atoms with Crippen LogP contribution in [0.15, 0.2) is 45.8 Å². The minimum atomic E-state index is -4.10. The van der Waals surface area contributed by atoms with E-state index in [-0.39, 0.29) is 22.9 Å². The molecule has 0 unspecified atom stereocenters. The highest BCUT2D eigenvalue weighted by Crippen LogP contribution is 2.29. The van der Waals surface area contributed by atoms with Crippen molar-refractivity contribution in [2.45, 2.75) is 11.8 Å². The van der Waals surface area contributed by atoms with Crippen LogP contribution in [0.5, 0.6) is 5.75 Å². The Labute approximate surface area is 141 Å². The van der Waals surface area contributed by atoms with Crippen LogP contribution >= 0.6 is 15.9 Å². The Kier molecular flexibility index (Phi) is 5.26. The molecule has 0 amide bonds. The van der Waals surface area contributed by atoms with Crippen molar-refractivity contribution in [2.75, 3.05) is 18.0 Å². The lowest BCUT2D eigenvalue weighted by Crippen LogP contribution is -2.31. The Balaban J connectivity index is 2.53. The number of methoxy groups -OCH3 is 1. The first-order valence-corrected chi connectivity index (χ1v) is 8.86. The molecule has 23 heavy (non-hydrogen) atoms. The highest BCUT2D eigenvalue weighted by atomic mass is 79.9. The first-order valence-electron chi connectivity index (χ1n) is 6.62. The molecule has 0 aromatic heterocycles. The van der Waals surface area contributed by atoms with Crippen LogP contribution in [0, 0.1) is 11.6 Å². The zero-order valence-corrected chi connectivity index (χ0v) is 14.8. The van der Waals surface area contributed by atoms with Crippen molar-refractivity contribution in [1.29, 1.82) is 0 Å². The fraction of sp³-hybridized carbons (Fsp3) is 0.200. The van der Waals surface area contributed by atoms with E-state index in [1.54, 1.807) is 6.92 Å². The average Bonchev–Trinajstić information content (AvgIpc) is 2.49. The second kappa shape index (κ2) is 6.84. The van der Waals surface area contributed by atoms with E-state index in [9.17, 15) is 17.2 Å². The maximum absolute atomic E-state index is 14.1. The predicted molar refractivity (Wildman–Crippen MR) is 87.3 cm³/mol. The maximum atomic E-state index is 14.1. The number of anilines is 1. The zero-order valence-electron chi connectivity index (χ0n) is 12.4. The van der Waals surface area contributed by atoms with Crippen molar-refractivity contribution >= 4 is 31.6 Å². The van der Waals surface area contributed by atoms with E-state index in [0.717, 1.165) is 10.4 Å². The lowest BCUT2D eigenvalue weighted by Gasteiger charge is -2.23. The van der Waals surface area contributed by atoms with Crippen LogP contribution in [0.1, 0.15) is 6.92 Å². The maximum Gasteiger partial charge on any atom is 0.264 e. The summed E-state index contributed by atoms with van der Waals surface area (Å²) in [5.41, 5.74) is -0.105. The monoisotopic (exact) mass is 405 g/mol.